The quantitative estimate of drug-likeness (QED) is 0.665. The van der Waals surface area contributed by atoms with Crippen LogP contribution >= 0.6 is 11.8 Å². The number of ether oxygens (including phenoxy) is 1. The van der Waals surface area contributed by atoms with E-state index in [4.69, 9.17) is 9.73 Å². The van der Waals surface area contributed by atoms with Crippen LogP contribution in [0, 0.1) is 6.92 Å². The standard InChI is InChI=1S/C23H22N2O2S/c1-4-27-22(26)20-16(3)24-23-25(21(20)18-12-10-15(2)11-13-18)19(14-28-23)17-8-6-5-7-9-17/h5-14,21H,4H2,1-3H3. The van der Waals surface area contributed by atoms with Crippen LogP contribution in [-0.4, -0.2) is 22.6 Å². The first-order chi connectivity index (χ1) is 13.6. The van der Waals surface area contributed by atoms with Crippen molar-refractivity contribution in [3.05, 3.63) is 88.0 Å². The Kier molecular flexibility index (Phi) is 5.09. The maximum atomic E-state index is 12.9. The van der Waals surface area contributed by atoms with Crippen LogP contribution in [0.25, 0.3) is 5.70 Å². The van der Waals surface area contributed by atoms with Crippen LogP contribution in [-0.2, 0) is 9.53 Å². The first-order valence-electron chi connectivity index (χ1n) is 9.34. The Morgan fingerprint density at radius 3 is 2.50 bits per heavy atom. The smallest absolute Gasteiger partial charge is 0.338 e. The van der Waals surface area contributed by atoms with Crippen molar-refractivity contribution in [2.45, 2.75) is 26.8 Å². The number of carbonyl (C=O) groups is 1. The first kappa shape index (κ1) is 18.6. The van der Waals surface area contributed by atoms with Crippen molar-refractivity contribution >= 4 is 28.6 Å². The molecule has 0 radical (unpaired) electrons. The fraction of sp³-hybridized carbons (Fsp3) is 0.217. The number of aliphatic imine (C=N–C) groups is 1. The van der Waals surface area contributed by atoms with Gasteiger partial charge in [0.15, 0.2) is 5.17 Å². The maximum Gasteiger partial charge on any atom is 0.338 e. The van der Waals surface area contributed by atoms with E-state index in [-0.39, 0.29) is 12.0 Å². The lowest BCUT2D eigenvalue weighted by atomic mass is 9.93. The molecule has 2 aromatic rings. The van der Waals surface area contributed by atoms with Gasteiger partial charge < -0.3 is 9.64 Å². The summed E-state index contributed by atoms with van der Waals surface area (Å²) in [6.07, 6.45) is 0. The Labute approximate surface area is 169 Å². The predicted molar refractivity (Wildman–Crippen MR) is 115 cm³/mol. The van der Waals surface area contributed by atoms with Crippen molar-refractivity contribution in [2.24, 2.45) is 4.99 Å². The number of rotatable bonds is 4. The zero-order valence-corrected chi connectivity index (χ0v) is 17.0. The average Bonchev–Trinajstić information content (AvgIpc) is 3.12. The van der Waals surface area contributed by atoms with E-state index in [1.54, 1.807) is 11.8 Å². The Bertz CT molecular complexity index is 991. The maximum absolute atomic E-state index is 12.9. The molecule has 2 aromatic carbocycles. The topological polar surface area (TPSA) is 41.9 Å². The van der Waals surface area contributed by atoms with E-state index in [2.05, 4.69) is 53.6 Å². The lowest BCUT2D eigenvalue weighted by Crippen LogP contribution is -2.36. The third-order valence-electron chi connectivity index (χ3n) is 4.88. The number of thioether (sulfide) groups is 1. The molecule has 5 heteroatoms. The van der Waals surface area contributed by atoms with Crippen LogP contribution in [0.2, 0.25) is 0 Å². The largest absolute Gasteiger partial charge is 0.463 e. The number of amidine groups is 1. The van der Waals surface area contributed by atoms with Gasteiger partial charge in [-0.05, 0) is 31.9 Å². The lowest BCUT2D eigenvalue weighted by Gasteiger charge is -2.36. The highest BCUT2D eigenvalue weighted by atomic mass is 32.2. The number of hydrogen-bond donors (Lipinski definition) is 0. The Morgan fingerprint density at radius 1 is 1.11 bits per heavy atom. The average molecular weight is 391 g/mol. The predicted octanol–water partition coefficient (Wildman–Crippen LogP) is 5.29. The van der Waals surface area contributed by atoms with Crippen molar-refractivity contribution < 1.29 is 9.53 Å². The molecule has 0 bridgehead atoms. The summed E-state index contributed by atoms with van der Waals surface area (Å²) in [5.41, 5.74) is 5.68. The second kappa shape index (κ2) is 7.68. The van der Waals surface area contributed by atoms with Gasteiger partial charge in [-0.2, -0.15) is 0 Å². The summed E-state index contributed by atoms with van der Waals surface area (Å²) >= 11 is 1.59. The third-order valence-corrected chi connectivity index (χ3v) is 5.72. The molecule has 0 N–H and O–H groups in total. The minimum absolute atomic E-state index is 0.270. The van der Waals surface area contributed by atoms with Gasteiger partial charge in [-0.25, -0.2) is 9.79 Å². The van der Waals surface area contributed by atoms with Gasteiger partial charge >= 0.3 is 5.97 Å². The zero-order valence-electron chi connectivity index (χ0n) is 16.2. The summed E-state index contributed by atoms with van der Waals surface area (Å²) in [7, 11) is 0. The molecular formula is C23H22N2O2S. The molecule has 4 nitrogen and oxygen atoms in total. The molecule has 0 saturated heterocycles. The van der Waals surface area contributed by atoms with E-state index >= 15 is 0 Å². The highest BCUT2D eigenvalue weighted by Crippen LogP contribution is 2.46. The number of nitrogens with zero attached hydrogens (tertiary/aromatic N) is 2. The second-order valence-corrected chi connectivity index (χ2v) is 7.62. The molecule has 0 spiro atoms. The second-order valence-electron chi connectivity index (χ2n) is 6.78. The van der Waals surface area contributed by atoms with Gasteiger partial charge in [0.1, 0.15) is 0 Å². The van der Waals surface area contributed by atoms with Crippen LogP contribution in [0.5, 0.6) is 0 Å². The summed E-state index contributed by atoms with van der Waals surface area (Å²) in [6, 6.07) is 18.3. The Balaban J connectivity index is 1.86. The van der Waals surface area contributed by atoms with Crippen molar-refractivity contribution in [2.75, 3.05) is 6.61 Å². The van der Waals surface area contributed by atoms with E-state index < -0.39 is 0 Å². The number of hydrogen-bond acceptors (Lipinski definition) is 5. The molecule has 4 rings (SSSR count). The summed E-state index contributed by atoms with van der Waals surface area (Å²) in [4.78, 5) is 19.8. The van der Waals surface area contributed by atoms with E-state index in [1.165, 1.54) is 5.56 Å². The molecule has 0 fully saturated rings. The van der Waals surface area contributed by atoms with Gasteiger partial charge in [-0.1, -0.05) is 71.9 Å². The van der Waals surface area contributed by atoms with Gasteiger partial charge in [-0.3, -0.25) is 0 Å². The van der Waals surface area contributed by atoms with Gasteiger partial charge in [0.25, 0.3) is 0 Å². The van der Waals surface area contributed by atoms with Crippen molar-refractivity contribution in [1.82, 2.24) is 4.90 Å². The molecule has 2 aliphatic rings. The van der Waals surface area contributed by atoms with Crippen molar-refractivity contribution in [1.29, 1.82) is 0 Å². The van der Waals surface area contributed by atoms with E-state index in [9.17, 15) is 4.79 Å². The molecule has 142 valence electrons. The monoisotopic (exact) mass is 390 g/mol. The minimum atomic E-state index is -0.308. The fourth-order valence-corrected chi connectivity index (χ4v) is 4.51. The molecule has 0 saturated carbocycles. The molecule has 1 atom stereocenters. The van der Waals surface area contributed by atoms with Gasteiger partial charge in [-0.15, -0.1) is 0 Å². The summed E-state index contributed by atoms with van der Waals surface area (Å²) < 4.78 is 5.40. The zero-order chi connectivity index (χ0) is 19.7. The molecule has 0 aliphatic carbocycles. The Morgan fingerprint density at radius 2 is 1.82 bits per heavy atom. The van der Waals surface area contributed by atoms with E-state index in [1.807, 2.05) is 32.0 Å². The SMILES string of the molecule is CCOC(=O)C1=C(C)N=C2SC=C(c3ccccc3)N2C1c1ccc(C)cc1. The number of esters is 1. The van der Waals surface area contributed by atoms with Crippen LogP contribution in [0.3, 0.4) is 0 Å². The summed E-state index contributed by atoms with van der Waals surface area (Å²) in [6.45, 7) is 6.11. The summed E-state index contributed by atoms with van der Waals surface area (Å²) in [5, 5.41) is 2.99. The van der Waals surface area contributed by atoms with Gasteiger partial charge in [0.05, 0.1) is 29.6 Å². The van der Waals surface area contributed by atoms with Crippen molar-refractivity contribution in [3.8, 4) is 0 Å². The normalized spacial score (nSPS) is 18.5. The van der Waals surface area contributed by atoms with Crippen molar-refractivity contribution in [3.63, 3.8) is 0 Å². The van der Waals surface area contributed by atoms with Crippen LogP contribution in [0.1, 0.15) is 36.6 Å². The van der Waals surface area contributed by atoms with Crippen LogP contribution in [0.4, 0.5) is 0 Å². The molecular weight excluding hydrogens is 368 g/mol. The van der Waals surface area contributed by atoms with E-state index in [0.29, 0.717) is 17.9 Å². The molecule has 2 heterocycles. The lowest BCUT2D eigenvalue weighted by molar-refractivity contribution is -0.139. The van der Waals surface area contributed by atoms with Crippen LogP contribution < -0.4 is 0 Å². The number of fused-ring (bicyclic) bond motifs is 1. The Hall–Kier alpha value is -2.79. The molecule has 1 unspecified atom stereocenters. The molecule has 0 aromatic heterocycles. The first-order valence-corrected chi connectivity index (χ1v) is 10.2. The molecule has 2 aliphatic heterocycles. The van der Waals surface area contributed by atoms with Crippen LogP contribution in [0.15, 0.2) is 76.3 Å². The minimum Gasteiger partial charge on any atom is -0.463 e. The van der Waals surface area contributed by atoms with E-state index in [0.717, 1.165) is 22.0 Å². The molecule has 28 heavy (non-hydrogen) atoms. The number of carbonyl (C=O) groups excluding carboxylic acids is 1. The molecule has 0 amide bonds. The summed E-state index contributed by atoms with van der Waals surface area (Å²) in [5.74, 6) is -0.308. The number of aryl methyl sites for hydroxylation is 1. The highest BCUT2D eigenvalue weighted by Gasteiger charge is 2.40. The fourth-order valence-electron chi connectivity index (χ4n) is 3.53. The third kappa shape index (κ3) is 3.27. The number of benzene rings is 2. The van der Waals surface area contributed by atoms with Gasteiger partial charge in [0.2, 0.25) is 0 Å². The highest BCUT2D eigenvalue weighted by molar-refractivity contribution is 8.16. The van der Waals surface area contributed by atoms with Gasteiger partial charge in [0, 0.05) is 5.41 Å². The number of allylic oxidation sites excluding steroid dienone is 1.